The molecule has 0 aliphatic rings. The second kappa shape index (κ2) is 8.57. The van der Waals surface area contributed by atoms with E-state index < -0.39 is 18.0 Å². The maximum absolute atomic E-state index is 11.7. The van der Waals surface area contributed by atoms with Crippen LogP contribution in [0.3, 0.4) is 0 Å². The molecule has 1 atom stereocenters. The Bertz CT molecular complexity index is 490. The quantitative estimate of drug-likeness (QED) is 0.591. The number of urea groups is 1. The van der Waals surface area contributed by atoms with Crippen molar-refractivity contribution in [1.82, 2.24) is 16.0 Å². The van der Waals surface area contributed by atoms with E-state index in [1.807, 2.05) is 0 Å². The van der Waals surface area contributed by atoms with Crippen LogP contribution in [0.2, 0.25) is 0 Å². The number of hydrogen-bond acceptors (Lipinski definition) is 3. The number of benzene rings is 1. The zero-order chi connectivity index (χ0) is 15.7. The van der Waals surface area contributed by atoms with Gasteiger partial charge in [0.05, 0.1) is 0 Å². The molecule has 7 nitrogen and oxygen atoms in total. The van der Waals surface area contributed by atoms with Crippen LogP contribution in [-0.4, -0.2) is 36.1 Å². The number of aliphatic carboxylic acids is 1. The van der Waals surface area contributed by atoms with Gasteiger partial charge in [-0.3, -0.25) is 4.79 Å². The lowest BCUT2D eigenvalue weighted by atomic mass is 10.1. The monoisotopic (exact) mass is 293 g/mol. The summed E-state index contributed by atoms with van der Waals surface area (Å²) in [5, 5.41) is 16.6. The highest BCUT2D eigenvalue weighted by Crippen LogP contribution is 2.12. The second-order valence-electron chi connectivity index (χ2n) is 4.29. The first-order valence-electron chi connectivity index (χ1n) is 6.63. The minimum Gasteiger partial charge on any atom is -0.479 e. The zero-order valence-electron chi connectivity index (χ0n) is 11.8. The van der Waals surface area contributed by atoms with Crippen LogP contribution in [0, 0.1) is 0 Å². The fourth-order valence-corrected chi connectivity index (χ4v) is 1.69. The molecule has 0 aromatic heterocycles. The molecular formula is C14H19N3O4. The van der Waals surface area contributed by atoms with E-state index in [-0.39, 0.29) is 18.9 Å². The molecule has 1 aromatic rings. The lowest BCUT2D eigenvalue weighted by Gasteiger charge is -2.15. The van der Waals surface area contributed by atoms with Crippen molar-refractivity contribution in [3.05, 3.63) is 35.9 Å². The van der Waals surface area contributed by atoms with Gasteiger partial charge in [-0.05, 0) is 12.5 Å². The number of amides is 3. The molecule has 21 heavy (non-hydrogen) atoms. The summed E-state index contributed by atoms with van der Waals surface area (Å²) in [7, 11) is 0. The normalized spacial score (nSPS) is 11.3. The van der Waals surface area contributed by atoms with Crippen LogP contribution in [-0.2, 0) is 9.59 Å². The standard InChI is InChI=1S/C14H19N3O4/c1-2-15-11(18)8-9-16-14(21)17-12(13(19)20)10-6-4-3-5-7-10/h3-7,12H,2,8-9H2,1H3,(H,15,18)(H,19,20)(H2,16,17,21). The van der Waals surface area contributed by atoms with Gasteiger partial charge in [0.2, 0.25) is 5.91 Å². The summed E-state index contributed by atoms with van der Waals surface area (Å²) in [6.45, 7) is 2.47. The number of carboxylic acid groups (broad SMARTS) is 1. The molecule has 1 aromatic carbocycles. The Balaban J connectivity index is 2.47. The highest BCUT2D eigenvalue weighted by atomic mass is 16.4. The molecular weight excluding hydrogens is 274 g/mol. The Morgan fingerprint density at radius 3 is 2.38 bits per heavy atom. The summed E-state index contributed by atoms with van der Waals surface area (Å²) in [4.78, 5) is 34.0. The highest BCUT2D eigenvalue weighted by molar-refractivity contribution is 5.84. The second-order valence-corrected chi connectivity index (χ2v) is 4.29. The third kappa shape index (κ3) is 5.94. The predicted octanol–water partition coefficient (Wildman–Crippen LogP) is 0.638. The van der Waals surface area contributed by atoms with Gasteiger partial charge in [-0.15, -0.1) is 0 Å². The van der Waals surface area contributed by atoms with Gasteiger partial charge in [0.25, 0.3) is 0 Å². The Morgan fingerprint density at radius 2 is 1.81 bits per heavy atom. The number of rotatable bonds is 7. The average Bonchev–Trinajstić information content (AvgIpc) is 2.45. The van der Waals surface area contributed by atoms with Gasteiger partial charge in [-0.2, -0.15) is 0 Å². The molecule has 1 rings (SSSR count). The van der Waals surface area contributed by atoms with E-state index in [9.17, 15) is 14.4 Å². The van der Waals surface area contributed by atoms with Crippen LogP contribution in [0.4, 0.5) is 4.79 Å². The topological polar surface area (TPSA) is 108 Å². The Kier molecular flexibility index (Phi) is 6.73. The molecule has 3 amide bonds. The Labute approximate surface area is 122 Å². The number of hydrogen-bond donors (Lipinski definition) is 4. The fourth-order valence-electron chi connectivity index (χ4n) is 1.69. The summed E-state index contributed by atoms with van der Waals surface area (Å²) >= 11 is 0. The van der Waals surface area contributed by atoms with E-state index in [2.05, 4.69) is 16.0 Å². The summed E-state index contributed by atoms with van der Waals surface area (Å²) in [5.74, 6) is -1.32. The number of carbonyl (C=O) groups excluding carboxylic acids is 2. The summed E-state index contributed by atoms with van der Waals surface area (Å²) < 4.78 is 0. The molecule has 1 unspecified atom stereocenters. The minimum atomic E-state index is -1.15. The molecule has 0 heterocycles. The lowest BCUT2D eigenvalue weighted by molar-refractivity contribution is -0.139. The molecule has 0 radical (unpaired) electrons. The van der Waals surface area contributed by atoms with Crippen molar-refractivity contribution in [2.75, 3.05) is 13.1 Å². The van der Waals surface area contributed by atoms with E-state index in [1.54, 1.807) is 37.3 Å². The summed E-state index contributed by atoms with van der Waals surface area (Å²) in [5.41, 5.74) is 0.476. The lowest BCUT2D eigenvalue weighted by Crippen LogP contribution is -2.42. The first-order valence-corrected chi connectivity index (χ1v) is 6.63. The Hall–Kier alpha value is -2.57. The smallest absolute Gasteiger partial charge is 0.330 e. The van der Waals surface area contributed by atoms with Crippen LogP contribution in [0.15, 0.2) is 30.3 Å². The van der Waals surface area contributed by atoms with Crippen LogP contribution >= 0.6 is 0 Å². The van der Waals surface area contributed by atoms with Gasteiger partial charge < -0.3 is 21.1 Å². The molecule has 0 bridgehead atoms. The van der Waals surface area contributed by atoms with Gasteiger partial charge in [-0.25, -0.2) is 9.59 Å². The minimum absolute atomic E-state index is 0.138. The van der Waals surface area contributed by atoms with Crippen molar-refractivity contribution in [3.63, 3.8) is 0 Å². The van der Waals surface area contributed by atoms with Crippen molar-refractivity contribution in [3.8, 4) is 0 Å². The zero-order valence-corrected chi connectivity index (χ0v) is 11.8. The molecule has 0 aliphatic heterocycles. The summed E-state index contributed by atoms with van der Waals surface area (Å²) in [6.07, 6.45) is 0.143. The van der Waals surface area contributed by atoms with E-state index in [1.165, 1.54) is 0 Å². The van der Waals surface area contributed by atoms with Crippen LogP contribution in [0.25, 0.3) is 0 Å². The molecule has 0 spiro atoms. The highest BCUT2D eigenvalue weighted by Gasteiger charge is 2.21. The maximum atomic E-state index is 11.7. The molecule has 4 N–H and O–H groups in total. The summed E-state index contributed by atoms with van der Waals surface area (Å²) in [6, 6.07) is 6.63. The van der Waals surface area contributed by atoms with Gasteiger partial charge in [0.1, 0.15) is 0 Å². The van der Waals surface area contributed by atoms with Crippen molar-refractivity contribution < 1.29 is 19.5 Å². The molecule has 114 valence electrons. The van der Waals surface area contributed by atoms with E-state index in [4.69, 9.17) is 5.11 Å². The Morgan fingerprint density at radius 1 is 1.14 bits per heavy atom. The van der Waals surface area contributed by atoms with E-state index in [0.717, 1.165) is 0 Å². The molecule has 0 saturated carbocycles. The fraction of sp³-hybridized carbons (Fsp3) is 0.357. The van der Waals surface area contributed by atoms with E-state index >= 15 is 0 Å². The maximum Gasteiger partial charge on any atom is 0.330 e. The van der Waals surface area contributed by atoms with Crippen molar-refractivity contribution in [2.24, 2.45) is 0 Å². The number of carboxylic acids is 1. The van der Waals surface area contributed by atoms with Crippen LogP contribution in [0.1, 0.15) is 24.9 Å². The average molecular weight is 293 g/mol. The third-order valence-electron chi connectivity index (χ3n) is 2.67. The van der Waals surface area contributed by atoms with E-state index in [0.29, 0.717) is 12.1 Å². The molecule has 0 saturated heterocycles. The predicted molar refractivity (Wildman–Crippen MR) is 76.7 cm³/mol. The number of nitrogens with one attached hydrogen (secondary N) is 3. The largest absolute Gasteiger partial charge is 0.479 e. The first kappa shape index (κ1) is 16.5. The molecule has 7 heteroatoms. The van der Waals surface area contributed by atoms with Gasteiger partial charge >= 0.3 is 12.0 Å². The van der Waals surface area contributed by atoms with Gasteiger partial charge in [0.15, 0.2) is 6.04 Å². The van der Waals surface area contributed by atoms with Gasteiger partial charge in [0, 0.05) is 19.5 Å². The van der Waals surface area contributed by atoms with Crippen LogP contribution in [0.5, 0.6) is 0 Å². The van der Waals surface area contributed by atoms with Crippen molar-refractivity contribution >= 4 is 17.9 Å². The molecule has 0 fully saturated rings. The first-order chi connectivity index (χ1) is 10.0. The third-order valence-corrected chi connectivity index (χ3v) is 2.67. The SMILES string of the molecule is CCNC(=O)CCNC(=O)NC(C(=O)O)c1ccccc1. The van der Waals surface area contributed by atoms with Crippen LogP contribution < -0.4 is 16.0 Å². The number of carbonyl (C=O) groups is 3. The van der Waals surface area contributed by atoms with Crippen molar-refractivity contribution in [2.45, 2.75) is 19.4 Å². The van der Waals surface area contributed by atoms with Crippen molar-refractivity contribution in [1.29, 1.82) is 0 Å². The molecule has 0 aliphatic carbocycles. The van der Waals surface area contributed by atoms with Gasteiger partial charge in [-0.1, -0.05) is 30.3 Å².